The highest BCUT2D eigenvalue weighted by atomic mass is 31.2. The van der Waals surface area contributed by atoms with E-state index < -0.39 is 7.14 Å². The Kier molecular flexibility index (Phi) is 6.34. The molecule has 1 aromatic carbocycles. The number of nitrogens with zero attached hydrogens (tertiary/aromatic N) is 4. The molecule has 1 saturated carbocycles. The molecule has 1 amide bonds. The van der Waals surface area contributed by atoms with Gasteiger partial charge in [-0.3, -0.25) is 9.78 Å². The number of hydrogen-bond donors (Lipinski definition) is 1. The van der Waals surface area contributed by atoms with Crippen LogP contribution in [-0.4, -0.2) is 51.2 Å². The van der Waals surface area contributed by atoms with E-state index in [-0.39, 0.29) is 23.7 Å². The average Bonchev–Trinajstić information content (AvgIpc) is 3.69. The molecule has 1 saturated heterocycles. The topological polar surface area (TPSA) is 88.1 Å². The molecule has 0 bridgehead atoms. The summed E-state index contributed by atoms with van der Waals surface area (Å²) in [6.07, 6.45) is 5.08. The average molecular weight is 496 g/mol. The zero-order valence-corrected chi connectivity index (χ0v) is 21.3. The lowest BCUT2D eigenvalue weighted by atomic mass is 10.0. The molecule has 7 nitrogen and oxygen atoms in total. The van der Waals surface area contributed by atoms with Gasteiger partial charge in [0.05, 0.1) is 17.8 Å². The zero-order valence-electron chi connectivity index (χ0n) is 20.4. The molecule has 2 aromatic heterocycles. The lowest BCUT2D eigenvalue weighted by molar-refractivity contribution is -0.132. The van der Waals surface area contributed by atoms with Crippen LogP contribution in [0.15, 0.2) is 30.5 Å². The number of pyridine rings is 1. The summed E-state index contributed by atoms with van der Waals surface area (Å²) in [5.74, 6) is 1.31. The first-order chi connectivity index (χ1) is 16.8. The van der Waals surface area contributed by atoms with Crippen molar-refractivity contribution in [2.75, 3.05) is 30.7 Å². The highest BCUT2D eigenvalue weighted by molar-refractivity contribution is 7.71. The first kappa shape index (κ1) is 23.9. The van der Waals surface area contributed by atoms with Gasteiger partial charge >= 0.3 is 0 Å². The lowest BCUT2D eigenvalue weighted by Gasteiger charge is -2.32. The number of benzene rings is 1. The number of hydrogen-bond acceptors (Lipinski definition) is 6. The highest BCUT2D eigenvalue weighted by Crippen LogP contribution is 2.47. The summed E-state index contributed by atoms with van der Waals surface area (Å²) in [6.45, 7) is 6.65. The largest absolute Gasteiger partial charge is 0.363 e. The van der Waals surface area contributed by atoms with Crippen LogP contribution in [0.1, 0.15) is 49.7 Å². The molecule has 0 spiro atoms. The number of carbonyl (C=O) groups is 1. The van der Waals surface area contributed by atoms with Crippen molar-refractivity contribution in [1.29, 1.82) is 0 Å². The minimum atomic E-state index is -2.75. The van der Waals surface area contributed by atoms with Gasteiger partial charge in [0.15, 0.2) is 0 Å². The Labute approximate surface area is 204 Å². The third kappa shape index (κ3) is 4.68. The van der Waals surface area contributed by atoms with Gasteiger partial charge in [0, 0.05) is 42.3 Å². The second kappa shape index (κ2) is 9.30. The summed E-state index contributed by atoms with van der Waals surface area (Å²) in [5.41, 5.74) is 2.44. The van der Waals surface area contributed by atoms with E-state index in [1.807, 2.05) is 30.9 Å². The Morgan fingerprint density at radius 2 is 2.00 bits per heavy atom. The van der Waals surface area contributed by atoms with Crippen molar-refractivity contribution >= 4 is 35.2 Å². The molecule has 0 radical (unpaired) electrons. The van der Waals surface area contributed by atoms with E-state index in [2.05, 4.69) is 20.3 Å². The van der Waals surface area contributed by atoms with Crippen LogP contribution >= 0.6 is 7.14 Å². The fourth-order valence-electron chi connectivity index (χ4n) is 4.79. The number of aromatic nitrogens is 3. The maximum atomic E-state index is 15.0. The predicted octanol–water partition coefficient (Wildman–Crippen LogP) is 4.45. The molecule has 3 aromatic rings. The fourth-order valence-corrected chi connectivity index (χ4v) is 7.23. The molecular weight excluding hydrogens is 464 g/mol. The van der Waals surface area contributed by atoms with E-state index in [1.54, 1.807) is 25.3 Å². The third-order valence-corrected chi connectivity index (χ3v) is 10.0. The molecule has 3 heterocycles. The maximum Gasteiger partial charge on any atom is 0.225 e. The minimum absolute atomic E-state index is 0.171. The van der Waals surface area contributed by atoms with E-state index in [0.717, 1.165) is 12.8 Å². The summed E-state index contributed by atoms with van der Waals surface area (Å²) in [4.78, 5) is 27.9. The van der Waals surface area contributed by atoms with E-state index in [4.69, 9.17) is 0 Å². The molecule has 5 rings (SSSR count). The second-order valence-electron chi connectivity index (χ2n) is 9.66. The Bertz CT molecular complexity index is 1330. The fraction of sp³-hybridized carbons (Fsp3) is 0.462. The number of carbonyl (C=O) groups excluding carboxylic acids is 1. The number of amides is 1. The normalized spacial score (nSPS) is 18.5. The van der Waals surface area contributed by atoms with Gasteiger partial charge in [0.1, 0.15) is 30.0 Å². The van der Waals surface area contributed by atoms with Gasteiger partial charge in [-0.25, -0.2) is 14.4 Å². The van der Waals surface area contributed by atoms with Crippen molar-refractivity contribution in [3.63, 3.8) is 0 Å². The Hall–Kier alpha value is -2.86. The van der Waals surface area contributed by atoms with E-state index in [1.165, 1.54) is 0 Å². The Morgan fingerprint density at radius 3 is 2.69 bits per heavy atom. The van der Waals surface area contributed by atoms with Crippen LogP contribution in [0.25, 0.3) is 10.9 Å². The van der Waals surface area contributed by atoms with E-state index in [0.29, 0.717) is 70.9 Å². The molecule has 0 unspecified atom stereocenters. The van der Waals surface area contributed by atoms with Crippen LogP contribution in [0.3, 0.4) is 0 Å². The predicted molar refractivity (Wildman–Crippen MR) is 136 cm³/mol. The maximum absolute atomic E-state index is 15.0. The smallest absolute Gasteiger partial charge is 0.225 e. The van der Waals surface area contributed by atoms with Crippen LogP contribution in [0.2, 0.25) is 0 Å². The van der Waals surface area contributed by atoms with Crippen molar-refractivity contribution in [2.45, 2.75) is 46.1 Å². The van der Waals surface area contributed by atoms with Crippen molar-refractivity contribution in [1.82, 2.24) is 19.9 Å². The van der Waals surface area contributed by atoms with Gasteiger partial charge in [0.25, 0.3) is 0 Å². The number of fused-ring (bicyclic) bond motifs is 1. The van der Waals surface area contributed by atoms with Crippen LogP contribution < -0.4 is 10.8 Å². The molecular formula is C26H31FN5O2P. The molecule has 9 heteroatoms. The first-order valence-electron chi connectivity index (χ1n) is 12.3. The van der Waals surface area contributed by atoms with Crippen LogP contribution in [-0.2, 0) is 15.8 Å². The molecule has 1 aliphatic heterocycles. The molecule has 184 valence electrons. The molecule has 2 fully saturated rings. The molecule has 1 aliphatic carbocycles. The monoisotopic (exact) mass is 495 g/mol. The standard InChI is InChI=1S/C26H31FN5O2P/c1-4-18-6-5-7-20(24(18)27)16(2)29-25-21-14-23(28-15-22(21)30-17(3)31-25)35(34)12-10-32(11-13-35)26(33)19-8-9-19/h5-7,14-16,19H,4,8-13H2,1-3H3,(H,29,30,31)/t16-/m1/s1. The SMILES string of the molecule is CCc1cccc([C@@H](C)Nc2nc(C)nc3cnc(P4(=O)CCN(C(=O)C5CC5)CC4)cc23)c1F. The summed E-state index contributed by atoms with van der Waals surface area (Å²) < 4.78 is 28.8. The first-order valence-corrected chi connectivity index (χ1v) is 14.4. The second-order valence-corrected chi connectivity index (χ2v) is 12.8. The van der Waals surface area contributed by atoms with E-state index >= 15 is 0 Å². The quantitative estimate of drug-likeness (QED) is 0.509. The van der Waals surface area contributed by atoms with Crippen molar-refractivity contribution < 1.29 is 13.8 Å². The van der Waals surface area contributed by atoms with Crippen molar-refractivity contribution in [3.05, 3.63) is 53.2 Å². The van der Waals surface area contributed by atoms with Gasteiger partial charge < -0.3 is 14.8 Å². The molecule has 35 heavy (non-hydrogen) atoms. The Balaban J connectivity index is 1.44. The third-order valence-electron chi connectivity index (χ3n) is 7.11. The lowest BCUT2D eigenvalue weighted by Crippen LogP contribution is -2.42. The summed E-state index contributed by atoms with van der Waals surface area (Å²) >= 11 is 0. The highest BCUT2D eigenvalue weighted by Gasteiger charge is 2.38. The Morgan fingerprint density at radius 1 is 1.26 bits per heavy atom. The van der Waals surface area contributed by atoms with Crippen LogP contribution in [0, 0.1) is 18.7 Å². The van der Waals surface area contributed by atoms with Gasteiger partial charge in [-0.15, -0.1) is 0 Å². The van der Waals surface area contributed by atoms with Gasteiger partial charge in [-0.05, 0) is 44.7 Å². The number of nitrogens with one attached hydrogen (secondary N) is 1. The number of halogens is 1. The number of rotatable bonds is 6. The van der Waals surface area contributed by atoms with Gasteiger partial charge in [-0.1, -0.05) is 25.1 Å². The summed E-state index contributed by atoms with van der Waals surface area (Å²) in [6, 6.07) is 6.94. The van der Waals surface area contributed by atoms with Crippen LogP contribution in [0.5, 0.6) is 0 Å². The molecule has 1 atom stereocenters. The van der Waals surface area contributed by atoms with E-state index in [9.17, 15) is 13.8 Å². The van der Waals surface area contributed by atoms with Crippen molar-refractivity contribution in [3.8, 4) is 0 Å². The molecule has 1 N–H and O–H groups in total. The number of anilines is 1. The minimum Gasteiger partial charge on any atom is -0.363 e. The zero-order chi connectivity index (χ0) is 24.7. The number of aryl methyl sites for hydroxylation is 2. The molecule has 2 aliphatic rings. The van der Waals surface area contributed by atoms with Crippen LogP contribution in [0.4, 0.5) is 10.2 Å². The van der Waals surface area contributed by atoms with Gasteiger partial charge in [0.2, 0.25) is 5.91 Å². The summed E-state index contributed by atoms with van der Waals surface area (Å²) in [5, 5.41) is 4.07. The summed E-state index contributed by atoms with van der Waals surface area (Å²) in [7, 11) is -2.75. The van der Waals surface area contributed by atoms with Gasteiger partial charge in [-0.2, -0.15) is 0 Å². The van der Waals surface area contributed by atoms with Crippen molar-refractivity contribution in [2.24, 2.45) is 5.92 Å².